The molecule has 0 atom stereocenters. The minimum absolute atomic E-state index is 0. The highest BCUT2D eigenvalue weighted by Crippen LogP contribution is 2.17. The number of aryl methyl sites for hydroxylation is 2. The molecule has 0 aromatic carbocycles. The highest BCUT2D eigenvalue weighted by atomic mass is 127. The summed E-state index contributed by atoms with van der Waals surface area (Å²) in [7, 11) is 0. The average molecular weight is 495 g/mol. The Labute approximate surface area is 179 Å². The number of hydrogen-bond acceptors (Lipinski definition) is 5. The normalized spacial score (nSPS) is 16.3. The van der Waals surface area contributed by atoms with E-state index in [1.54, 1.807) is 11.3 Å². The van der Waals surface area contributed by atoms with Crippen molar-refractivity contribution in [3.8, 4) is 0 Å². The minimum atomic E-state index is 0. The molecule has 6 nitrogen and oxygen atoms in total. The summed E-state index contributed by atoms with van der Waals surface area (Å²) < 4.78 is 5.46. The molecule has 0 spiro atoms. The molecule has 1 saturated heterocycles. The molecule has 0 amide bonds. The minimum Gasteiger partial charge on any atom is -0.379 e. The first-order chi connectivity index (χ1) is 11.9. The lowest BCUT2D eigenvalue weighted by Crippen LogP contribution is -2.52. The Morgan fingerprint density at radius 3 is 2.54 bits per heavy atom. The smallest absolute Gasteiger partial charge is 0.191 e. The van der Waals surface area contributed by atoms with E-state index in [0.717, 1.165) is 64.0 Å². The average Bonchev–Trinajstić information content (AvgIpc) is 2.91. The summed E-state index contributed by atoms with van der Waals surface area (Å²) in [5, 5.41) is 7.96. The molecule has 0 radical (unpaired) electrons. The third-order valence-electron chi connectivity index (χ3n) is 4.54. The Morgan fingerprint density at radius 1 is 1.27 bits per heavy atom. The van der Waals surface area contributed by atoms with Crippen molar-refractivity contribution in [1.29, 1.82) is 0 Å². The summed E-state index contributed by atoms with van der Waals surface area (Å²) in [6, 6.07) is 0. The number of aliphatic imine (C=N–C) groups is 1. The van der Waals surface area contributed by atoms with E-state index in [-0.39, 0.29) is 29.5 Å². The third-order valence-corrected chi connectivity index (χ3v) is 5.67. The first-order valence-electron chi connectivity index (χ1n) is 9.20. The molecule has 2 heterocycles. The van der Waals surface area contributed by atoms with Crippen LogP contribution < -0.4 is 10.6 Å². The van der Waals surface area contributed by atoms with Gasteiger partial charge in [0.05, 0.1) is 30.5 Å². The van der Waals surface area contributed by atoms with Crippen molar-refractivity contribution in [1.82, 2.24) is 20.5 Å². The number of halogens is 1. The fraction of sp³-hybridized carbons (Fsp3) is 0.778. The van der Waals surface area contributed by atoms with Crippen LogP contribution in [0.25, 0.3) is 0 Å². The Balaban J connectivity index is 0.00000338. The lowest BCUT2D eigenvalue weighted by molar-refractivity contribution is -0.00683. The van der Waals surface area contributed by atoms with Crippen molar-refractivity contribution in [2.75, 3.05) is 45.9 Å². The summed E-state index contributed by atoms with van der Waals surface area (Å²) >= 11 is 1.79. The van der Waals surface area contributed by atoms with E-state index in [9.17, 15) is 0 Å². The van der Waals surface area contributed by atoms with Crippen molar-refractivity contribution >= 4 is 41.3 Å². The number of thiazole rings is 1. The van der Waals surface area contributed by atoms with E-state index in [1.807, 2.05) is 0 Å². The van der Waals surface area contributed by atoms with Crippen molar-refractivity contribution in [2.24, 2.45) is 4.99 Å². The molecule has 0 aliphatic carbocycles. The number of aromatic nitrogens is 1. The fourth-order valence-corrected chi connectivity index (χ4v) is 3.75. The molecule has 0 bridgehead atoms. The van der Waals surface area contributed by atoms with Crippen LogP contribution in [0.1, 0.15) is 36.3 Å². The maximum atomic E-state index is 5.46. The highest BCUT2D eigenvalue weighted by molar-refractivity contribution is 14.0. The van der Waals surface area contributed by atoms with Crippen molar-refractivity contribution in [2.45, 2.75) is 46.6 Å². The molecule has 8 heteroatoms. The highest BCUT2D eigenvalue weighted by Gasteiger charge is 2.28. The van der Waals surface area contributed by atoms with Crippen LogP contribution in [-0.2, 0) is 11.2 Å². The first kappa shape index (κ1) is 23.6. The third kappa shape index (κ3) is 7.28. The van der Waals surface area contributed by atoms with E-state index in [2.05, 4.69) is 55.1 Å². The predicted molar refractivity (Wildman–Crippen MR) is 121 cm³/mol. The maximum Gasteiger partial charge on any atom is 0.191 e. The Bertz CT molecular complexity index is 550. The Hall–Kier alpha value is -0.450. The lowest BCUT2D eigenvalue weighted by Gasteiger charge is -2.39. The summed E-state index contributed by atoms with van der Waals surface area (Å²) in [5.41, 5.74) is 1.18. The molecule has 1 aromatic heterocycles. The molecule has 2 rings (SSSR count). The van der Waals surface area contributed by atoms with Crippen LogP contribution in [0.5, 0.6) is 0 Å². The van der Waals surface area contributed by atoms with Crippen molar-refractivity contribution in [3.05, 3.63) is 15.6 Å². The van der Waals surface area contributed by atoms with Gasteiger partial charge >= 0.3 is 0 Å². The monoisotopic (exact) mass is 495 g/mol. The quantitative estimate of drug-likeness (QED) is 0.346. The van der Waals surface area contributed by atoms with Gasteiger partial charge in [0.15, 0.2) is 5.96 Å². The second kappa shape index (κ2) is 11.4. The number of guanidine groups is 1. The summed E-state index contributed by atoms with van der Waals surface area (Å²) in [4.78, 5) is 13.2. The number of ether oxygens (including phenoxy) is 1. The number of nitrogens with one attached hydrogen (secondary N) is 2. The first-order valence-corrected chi connectivity index (χ1v) is 10.0. The van der Waals surface area contributed by atoms with Crippen LogP contribution in [0.4, 0.5) is 0 Å². The molecule has 0 unspecified atom stereocenters. The maximum absolute atomic E-state index is 5.46. The van der Waals surface area contributed by atoms with E-state index in [1.165, 1.54) is 9.88 Å². The molecule has 1 aromatic rings. The van der Waals surface area contributed by atoms with E-state index in [0.29, 0.717) is 0 Å². The molecule has 0 saturated carbocycles. The van der Waals surface area contributed by atoms with Crippen LogP contribution in [0.2, 0.25) is 0 Å². The second-order valence-corrected chi connectivity index (χ2v) is 8.32. The van der Waals surface area contributed by atoms with Gasteiger partial charge < -0.3 is 15.4 Å². The number of hydrogen-bond donors (Lipinski definition) is 2. The van der Waals surface area contributed by atoms with Gasteiger partial charge in [0, 0.05) is 43.0 Å². The van der Waals surface area contributed by atoms with Crippen molar-refractivity contribution in [3.63, 3.8) is 0 Å². The van der Waals surface area contributed by atoms with Gasteiger partial charge in [0.2, 0.25) is 0 Å². The van der Waals surface area contributed by atoms with Gasteiger partial charge in [-0.2, -0.15) is 0 Å². The summed E-state index contributed by atoms with van der Waals surface area (Å²) in [6.07, 6.45) is 0.927. The van der Waals surface area contributed by atoms with E-state index >= 15 is 0 Å². The Kier molecular flexibility index (Phi) is 10.3. The van der Waals surface area contributed by atoms with E-state index in [4.69, 9.17) is 9.73 Å². The van der Waals surface area contributed by atoms with Crippen LogP contribution in [-0.4, -0.2) is 67.3 Å². The van der Waals surface area contributed by atoms with Gasteiger partial charge in [-0.3, -0.25) is 9.89 Å². The number of nitrogens with zero attached hydrogens (tertiary/aromatic N) is 3. The Morgan fingerprint density at radius 2 is 1.96 bits per heavy atom. The zero-order valence-electron chi connectivity index (χ0n) is 16.7. The van der Waals surface area contributed by atoms with Crippen LogP contribution in [0.3, 0.4) is 0 Å². The molecule has 1 fully saturated rings. The zero-order valence-corrected chi connectivity index (χ0v) is 19.9. The van der Waals surface area contributed by atoms with Gasteiger partial charge in [-0.05, 0) is 34.6 Å². The van der Waals surface area contributed by atoms with Gasteiger partial charge in [0.25, 0.3) is 0 Å². The second-order valence-electron chi connectivity index (χ2n) is 7.03. The van der Waals surface area contributed by atoms with E-state index < -0.39 is 0 Å². The topological polar surface area (TPSA) is 61.8 Å². The van der Waals surface area contributed by atoms with Gasteiger partial charge in [-0.15, -0.1) is 35.3 Å². The zero-order chi connectivity index (χ0) is 18.3. The summed E-state index contributed by atoms with van der Waals surface area (Å²) in [6.45, 7) is 16.9. The molecule has 150 valence electrons. The van der Waals surface area contributed by atoms with Crippen molar-refractivity contribution < 1.29 is 4.74 Å². The summed E-state index contributed by atoms with van der Waals surface area (Å²) in [5.74, 6) is 0.883. The molecular formula is C18H34IN5OS. The lowest BCUT2D eigenvalue weighted by atomic mass is 10.0. The van der Waals surface area contributed by atoms with Gasteiger partial charge in [0.1, 0.15) is 0 Å². The fourth-order valence-electron chi connectivity index (χ4n) is 2.82. The molecule has 2 N–H and O–H groups in total. The molecule has 26 heavy (non-hydrogen) atoms. The SMILES string of the molecule is CCNC(=NCC(C)(C)N1CCOCC1)NCCc1nc(C)c(C)s1.I. The largest absolute Gasteiger partial charge is 0.379 e. The van der Waals surface area contributed by atoms with Crippen LogP contribution in [0, 0.1) is 13.8 Å². The molecular weight excluding hydrogens is 461 g/mol. The van der Waals surface area contributed by atoms with Crippen LogP contribution in [0.15, 0.2) is 4.99 Å². The van der Waals surface area contributed by atoms with Gasteiger partial charge in [-0.25, -0.2) is 4.98 Å². The molecule has 1 aliphatic heterocycles. The standard InChI is InChI=1S/C18H33N5OS.HI/c1-6-19-17(20-8-7-16-22-14(2)15(3)25-16)21-13-18(4,5)23-9-11-24-12-10-23;/h6-13H2,1-5H3,(H2,19,20,21);1H. The predicted octanol–water partition coefficient (Wildman–Crippen LogP) is 2.59. The molecule has 1 aliphatic rings. The van der Waals surface area contributed by atoms with Gasteiger partial charge in [-0.1, -0.05) is 0 Å². The number of rotatable bonds is 7. The number of morpholine rings is 1. The van der Waals surface area contributed by atoms with Crippen LogP contribution >= 0.6 is 35.3 Å².